The van der Waals surface area contributed by atoms with Gasteiger partial charge in [0, 0.05) is 36.0 Å². The van der Waals surface area contributed by atoms with Crippen molar-refractivity contribution in [2.45, 2.75) is 83.8 Å². The van der Waals surface area contributed by atoms with Gasteiger partial charge in [-0.2, -0.15) is 0 Å². The Morgan fingerprint density at radius 3 is 2.16 bits per heavy atom. The molecule has 2 aliphatic carbocycles. The third-order valence-electron chi connectivity index (χ3n) is 12.1. The van der Waals surface area contributed by atoms with Crippen molar-refractivity contribution >= 4 is 24.0 Å². The summed E-state index contributed by atoms with van der Waals surface area (Å²) >= 11 is 0. The molecule has 58 heavy (non-hydrogen) atoms. The molecule has 1 saturated heterocycles. The highest BCUT2D eigenvalue weighted by Crippen LogP contribution is 2.57. The van der Waals surface area contributed by atoms with Crippen molar-refractivity contribution in [3.8, 4) is 39.7 Å². The van der Waals surface area contributed by atoms with Crippen LogP contribution in [0.4, 0.5) is 9.59 Å². The summed E-state index contributed by atoms with van der Waals surface area (Å²) in [5, 5.41) is 4.12. The van der Waals surface area contributed by atoms with Crippen LogP contribution in [0.15, 0.2) is 54.9 Å². The number of methoxy groups -OCH3 is 3. The number of alkyl carbamates (subject to hydrolysis) is 1. The number of hydrogen-bond donors (Lipinski definition) is 4. The molecular weight excluding hydrogens is 741 g/mol. The predicted octanol–water partition coefficient (Wildman–Crippen LogP) is 6.82. The minimum absolute atomic E-state index is 0.0177. The quantitative estimate of drug-likeness (QED) is 0.118. The molecule has 2 unspecified atom stereocenters. The van der Waals surface area contributed by atoms with Gasteiger partial charge in [-0.25, -0.2) is 30.0 Å². The molecule has 3 heterocycles. The highest BCUT2D eigenvalue weighted by molar-refractivity contribution is 5.86. The van der Waals surface area contributed by atoms with Crippen molar-refractivity contribution in [3.63, 3.8) is 0 Å². The first-order valence-corrected chi connectivity index (χ1v) is 20.1. The van der Waals surface area contributed by atoms with Gasteiger partial charge in [-0.1, -0.05) is 44.2 Å². The van der Waals surface area contributed by atoms with Crippen LogP contribution in [0.2, 0.25) is 0 Å². The molecule has 2 aromatic carbocycles. The average Bonchev–Trinajstić information content (AvgIpc) is 4.09. The summed E-state index contributed by atoms with van der Waals surface area (Å²) in [4.78, 5) is 69.9. The number of H-pyrrole nitrogens is 2. The summed E-state index contributed by atoms with van der Waals surface area (Å²) in [6.07, 6.45) is 6.99. The molecule has 4 amide bonds. The number of fused-ring (bicyclic) bond motifs is 2. The zero-order valence-electron chi connectivity index (χ0n) is 34.2. The third kappa shape index (κ3) is 7.86. The fraction of sp³-hybridized carbons (Fsp3) is 0.488. The number of imidazole rings is 2. The lowest BCUT2D eigenvalue weighted by Gasteiger charge is -2.35. The van der Waals surface area contributed by atoms with E-state index in [1.807, 2.05) is 81.3 Å². The lowest BCUT2D eigenvalue weighted by atomic mass is 9.77. The number of ether oxygens (including phenoxy) is 3. The van der Waals surface area contributed by atoms with E-state index in [1.54, 1.807) is 13.3 Å². The topological polar surface area (TPSA) is 184 Å². The van der Waals surface area contributed by atoms with Gasteiger partial charge < -0.3 is 34.4 Å². The van der Waals surface area contributed by atoms with Crippen LogP contribution in [-0.2, 0) is 19.1 Å². The molecular formula is C43H54N8O7. The molecule has 1 aliphatic heterocycles. The van der Waals surface area contributed by atoms with E-state index in [1.165, 1.54) is 19.2 Å². The molecule has 3 aliphatic rings. The molecule has 15 nitrogen and oxygen atoms in total. The largest absolute Gasteiger partial charge is 0.496 e. The molecule has 2 aromatic heterocycles. The average molecular weight is 795 g/mol. The maximum Gasteiger partial charge on any atom is 0.425 e. The first-order valence-electron chi connectivity index (χ1n) is 20.1. The van der Waals surface area contributed by atoms with Crippen LogP contribution in [0.25, 0.3) is 33.9 Å². The molecule has 308 valence electrons. The maximum atomic E-state index is 14.0. The number of hydrazine groups is 1. The van der Waals surface area contributed by atoms with Crippen LogP contribution in [0.1, 0.15) is 83.1 Å². The van der Waals surface area contributed by atoms with Gasteiger partial charge >= 0.3 is 12.2 Å². The lowest BCUT2D eigenvalue weighted by molar-refractivity contribution is -0.143. The van der Waals surface area contributed by atoms with Crippen LogP contribution in [0.5, 0.6) is 5.75 Å². The van der Waals surface area contributed by atoms with E-state index in [0.717, 1.165) is 71.6 Å². The van der Waals surface area contributed by atoms with Crippen LogP contribution in [0.3, 0.4) is 0 Å². The van der Waals surface area contributed by atoms with Gasteiger partial charge in [-0.3, -0.25) is 9.59 Å². The van der Waals surface area contributed by atoms with E-state index in [4.69, 9.17) is 24.2 Å². The second-order valence-electron chi connectivity index (χ2n) is 16.2. The number of likely N-dealkylation sites (tertiary alicyclic amines) is 1. The summed E-state index contributed by atoms with van der Waals surface area (Å²) in [5.74, 6) is 1.99. The Labute approximate surface area is 338 Å². The Morgan fingerprint density at radius 1 is 0.810 bits per heavy atom. The SMILES string of the molecule is COC(=O)N[C@H](C(=O)N1CCC[C@H]1c1cnc(-c2ccc(-c3ccc(-c4ncc([C@H]5C6CCC(C6)[C@@H]5C(=O)N(NC(=O)OC)C(C)C)[nH]4)cc3)cc2OC)[nH]1)C(C)C. The van der Waals surface area contributed by atoms with Crippen LogP contribution in [-0.4, -0.2) is 93.8 Å². The molecule has 3 fully saturated rings. The van der Waals surface area contributed by atoms with E-state index in [-0.39, 0.29) is 47.6 Å². The maximum absolute atomic E-state index is 14.0. The Hall–Kier alpha value is -5.86. The number of benzene rings is 2. The van der Waals surface area contributed by atoms with Crippen LogP contribution < -0.4 is 15.5 Å². The van der Waals surface area contributed by atoms with Gasteiger partial charge in [-0.15, -0.1) is 0 Å². The molecule has 2 saturated carbocycles. The van der Waals surface area contributed by atoms with Gasteiger partial charge in [0.1, 0.15) is 23.4 Å². The summed E-state index contributed by atoms with van der Waals surface area (Å²) in [7, 11) is 4.21. The highest BCUT2D eigenvalue weighted by atomic mass is 16.5. The zero-order chi connectivity index (χ0) is 41.2. The minimum atomic E-state index is -0.703. The van der Waals surface area contributed by atoms with Gasteiger partial charge in [-0.05, 0) is 87.0 Å². The minimum Gasteiger partial charge on any atom is -0.496 e. The second kappa shape index (κ2) is 16.9. The first-order chi connectivity index (χ1) is 27.9. The summed E-state index contributed by atoms with van der Waals surface area (Å²) in [5.41, 5.74) is 8.05. The molecule has 4 aromatic rings. The molecule has 6 atom stereocenters. The highest BCUT2D eigenvalue weighted by Gasteiger charge is 2.53. The van der Waals surface area contributed by atoms with Crippen molar-refractivity contribution in [1.29, 1.82) is 0 Å². The monoisotopic (exact) mass is 794 g/mol. The number of aromatic nitrogens is 4. The van der Waals surface area contributed by atoms with E-state index < -0.39 is 18.2 Å². The molecule has 7 rings (SSSR count). The molecule has 0 spiro atoms. The Morgan fingerprint density at radius 2 is 1.47 bits per heavy atom. The number of nitrogens with one attached hydrogen (secondary N) is 4. The zero-order valence-corrected chi connectivity index (χ0v) is 34.2. The number of nitrogens with zero attached hydrogens (tertiary/aromatic N) is 4. The van der Waals surface area contributed by atoms with Crippen LogP contribution >= 0.6 is 0 Å². The van der Waals surface area contributed by atoms with Gasteiger partial charge in [0.2, 0.25) is 11.8 Å². The fourth-order valence-electron chi connectivity index (χ4n) is 9.25. The smallest absolute Gasteiger partial charge is 0.425 e. The number of hydrogen-bond acceptors (Lipinski definition) is 9. The van der Waals surface area contributed by atoms with E-state index in [9.17, 15) is 19.2 Å². The first kappa shape index (κ1) is 40.3. The standard InChI is InChI=1S/C43H54N8O7/c1-23(2)37(48-42(54)57-6)41(53)50-18-8-9-33(50)31-21-45-39(46-31)30-17-16-27(20-34(30)56-5)25-10-12-26(13-11-25)38-44-22-32(47-38)35-28-14-15-29(19-28)36(35)40(52)51(24(3)4)49-43(55)58-7/h10-13,16-17,20-24,28-29,33,35-37H,8-9,14-15,18-19H2,1-7H3,(H,44,47)(H,45,46)(H,48,54)(H,49,55)/t28?,29?,33-,35+,36-,37-/m0/s1. The number of rotatable bonds is 11. The molecule has 2 bridgehead atoms. The van der Waals surface area contributed by atoms with Crippen molar-refractivity contribution in [2.24, 2.45) is 23.7 Å². The number of amides is 4. The predicted molar refractivity (Wildman–Crippen MR) is 216 cm³/mol. The Bertz CT molecular complexity index is 2130. The third-order valence-corrected chi connectivity index (χ3v) is 12.1. The van der Waals surface area contributed by atoms with Crippen molar-refractivity contribution in [1.82, 2.24) is 40.6 Å². The fourth-order valence-corrected chi connectivity index (χ4v) is 9.25. The van der Waals surface area contributed by atoms with E-state index in [0.29, 0.717) is 24.0 Å². The summed E-state index contributed by atoms with van der Waals surface area (Å²) < 4.78 is 15.4. The van der Waals surface area contributed by atoms with Crippen molar-refractivity contribution in [3.05, 3.63) is 66.2 Å². The van der Waals surface area contributed by atoms with E-state index >= 15 is 0 Å². The van der Waals surface area contributed by atoms with Crippen molar-refractivity contribution < 1.29 is 33.4 Å². The molecule has 4 N–H and O–H groups in total. The van der Waals surface area contributed by atoms with Crippen molar-refractivity contribution in [2.75, 3.05) is 27.9 Å². The van der Waals surface area contributed by atoms with Crippen LogP contribution in [0, 0.1) is 23.7 Å². The lowest BCUT2D eigenvalue weighted by Crippen LogP contribution is -2.53. The Balaban J connectivity index is 1.06. The molecule has 15 heteroatoms. The Kier molecular flexibility index (Phi) is 11.8. The molecule has 0 radical (unpaired) electrons. The second-order valence-corrected chi connectivity index (χ2v) is 16.2. The van der Waals surface area contributed by atoms with Gasteiger partial charge in [0.15, 0.2) is 0 Å². The normalized spacial score (nSPS) is 21.6. The number of aromatic amines is 2. The van der Waals surface area contributed by atoms with Gasteiger partial charge in [0.05, 0.1) is 50.7 Å². The summed E-state index contributed by atoms with van der Waals surface area (Å²) in [6.45, 7) is 8.13. The summed E-state index contributed by atoms with van der Waals surface area (Å²) in [6, 6.07) is 13.0. The van der Waals surface area contributed by atoms with Gasteiger partial charge in [0.25, 0.3) is 0 Å². The number of carbonyl (C=O) groups excluding carboxylic acids is 4. The van der Waals surface area contributed by atoms with E-state index in [2.05, 4.69) is 20.7 Å². The number of carbonyl (C=O) groups is 4.